The fraction of sp³-hybridized carbons (Fsp3) is 0.386. The Hall–Kier alpha value is -6.05. The molecule has 0 unspecified atom stereocenters. The summed E-state index contributed by atoms with van der Waals surface area (Å²) in [6.45, 7) is 17.7. The van der Waals surface area contributed by atoms with Gasteiger partial charge in [0.2, 0.25) is 0 Å². The molecule has 3 aromatic rings. The molecule has 0 aliphatic carbocycles. The van der Waals surface area contributed by atoms with Gasteiger partial charge in [-0.2, -0.15) is 15.8 Å². The molecule has 10 heteroatoms. The summed E-state index contributed by atoms with van der Waals surface area (Å²) >= 11 is 0. The number of benzene rings is 2. The second kappa shape index (κ2) is 14.4. The summed E-state index contributed by atoms with van der Waals surface area (Å²) in [6, 6.07) is 18.4. The molecule has 0 fully saturated rings. The molecule has 0 bridgehead atoms. The lowest BCUT2D eigenvalue weighted by molar-refractivity contribution is -0.384. The topological polar surface area (TPSA) is 141 Å². The van der Waals surface area contributed by atoms with Crippen LogP contribution < -0.4 is 9.64 Å². The molecule has 54 heavy (non-hydrogen) atoms. The van der Waals surface area contributed by atoms with Crippen LogP contribution in [0.2, 0.25) is 0 Å². The summed E-state index contributed by atoms with van der Waals surface area (Å²) in [5, 5.41) is 40.7. The van der Waals surface area contributed by atoms with E-state index >= 15 is 0 Å². The predicted molar refractivity (Wildman–Crippen MR) is 211 cm³/mol. The number of aromatic nitrogens is 1. The van der Waals surface area contributed by atoms with E-state index in [0.29, 0.717) is 17.9 Å². The van der Waals surface area contributed by atoms with E-state index < -0.39 is 10.5 Å². The smallest absolute Gasteiger partial charge is 0.269 e. The number of unbranched alkanes of at least 4 members (excludes halogenated alkanes) is 1. The number of nitriles is 3. The third kappa shape index (κ3) is 6.79. The highest BCUT2D eigenvalue weighted by Crippen LogP contribution is 2.54. The molecule has 4 heterocycles. The molecule has 0 atom stereocenters. The molecular formula is C44H46N6O4. The van der Waals surface area contributed by atoms with Gasteiger partial charge in [-0.1, -0.05) is 47.1 Å². The van der Waals surface area contributed by atoms with Crippen molar-refractivity contribution in [2.75, 3.05) is 24.6 Å². The Morgan fingerprint density at radius 2 is 1.56 bits per heavy atom. The van der Waals surface area contributed by atoms with Crippen LogP contribution in [0.3, 0.4) is 0 Å². The van der Waals surface area contributed by atoms with Crippen molar-refractivity contribution in [3.63, 3.8) is 0 Å². The minimum absolute atomic E-state index is 0.0134. The first-order valence-electron chi connectivity index (χ1n) is 18.5. The average Bonchev–Trinajstić information content (AvgIpc) is 3.65. The zero-order valence-electron chi connectivity index (χ0n) is 32.1. The van der Waals surface area contributed by atoms with Gasteiger partial charge < -0.3 is 18.9 Å². The summed E-state index contributed by atoms with van der Waals surface area (Å²) < 4.78 is 14.7. The summed E-state index contributed by atoms with van der Waals surface area (Å²) in [6.07, 6.45) is 11.9. The zero-order chi connectivity index (χ0) is 39.0. The van der Waals surface area contributed by atoms with Gasteiger partial charge in [-0.3, -0.25) is 10.1 Å². The minimum atomic E-state index is -0.985. The van der Waals surface area contributed by atoms with Crippen LogP contribution in [0.4, 0.5) is 11.4 Å². The zero-order valence-corrected chi connectivity index (χ0v) is 32.1. The van der Waals surface area contributed by atoms with Gasteiger partial charge in [0, 0.05) is 64.7 Å². The van der Waals surface area contributed by atoms with Crippen LogP contribution in [0.5, 0.6) is 5.75 Å². The van der Waals surface area contributed by atoms with Gasteiger partial charge >= 0.3 is 0 Å². The first-order valence-corrected chi connectivity index (χ1v) is 18.5. The fourth-order valence-corrected chi connectivity index (χ4v) is 7.75. The highest BCUT2D eigenvalue weighted by atomic mass is 16.6. The third-order valence-electron chi connectivity index (χ3n) is 10.9. The van der Waals surface area contributed by atoms with E-state index in [1.165, 1.54) is 28.9 Å². The van der Waals surface area contributed by atoms with Gasteiger partial charge in [-0.05, 0) is 98.1 Å². The molecule has 0 spiro atoms. The SMILES string of the molecule is CCCCOc1c(/C=C/c2ccc(/C=C/C3=C(C#N)C(=C(C#N)C#N)OC3(C)C)n2-c2ccc([N+](=O)[O-])cc2)cc2c3c1C(C)(C)CCN3CCC2(C)C. The molecule has 0 amide bonds. The number of nitrogens with zero attached hydrogens (tertiary/aromatic N) is 6. The Balaban J connectivity index is 1.52. The molecule has 0 saturated heterocycles. The van der Waals surface area contributed by atoms with Gasteiger partial charge in [-0.25, -0.2) is 0 Å². The fourth-order valence-electron chi connectivity index (χ4n) is 7.75. The van der Waals surface area contributed by atoms with Crippen molar-refractivity contribution in [3.05, 3.63) is 109 Å². The molecule has 0 saturated carbocycles. The van der Waals surface area contributed by atoms with E-state index in [-0.39, 0.29) is 33.4 Å². The number of nitro groups is 1. The van der Waals surface area contributed by atoms with Crippen LogP contribution in [-0.4, -0.2) is 34.8 Å². The number of allylic oxidation sites excluding steroid dienone is 2. The van der Waals surface area contributed by atoms with Crippen LogP contribution >= 0.6 is 0 Å². The first kappa shape index (κ1) is 37.7. The normalized spacial score (nSPS) is 17.9. The molecule has 2 aromatic carbocycles. The number of ether oxygens (including phenoxy) is 2. The highest BCUT2D eigenvalue weighted by Gasteiger charge is 2.43. The molecule has 3 aliphatic rings. The second-order valence-electron chi connectivity index (χ2n) is 15.9. The maximum Gasteiger partial charge on any atom is 0.269 e. The largest absolute Gasteiger partial charge is 0.493 e. The second-order valence-corrected chi connectivity index (χ2v) is 15.9. The van der Waals surface area contributed by atoms with Crippen LogP contribution in [0.25, 0.3) is 23.9 Å². The van der Waals surface area contributed by atoms with Gasteiger partial charge in [0.15, 0.2) is 11.3 Å². The number of hydrogen-bond acceptors (Lipinski definition) is 8. The predicted octanol–water partition coefficient (Wildman–Crippen LogP) is 9.85. The van der Waals surface area contributed by atoms with E-state index in [4.69, 9.17) is 9.47 Å². The molecule has 10 nitrogen and oxygen atoms in total. The summed E-state index contributed by atoms with van der Waals surface area (Å²) in [4.78, 5) is 13.7. The lowest BCUT2D eigenvalue weighted by atomic mass is 9.68. The van der Waals surface area contributed by atoms with Gasteiger partial charge in [0.1, 0.15) is 35.1 Å². The van der Waals surface area contributed by atoms with Crippen molar-refractivity contribution in [1.29, 1.82) is 15.8 Å². The molecule has 3 aliphatic heterocycles. The van der Waals surface area contributed by atoms with Crippen molar-refractivity contribution >= 4 is 29.6 Å². The summed E-state index contributed by atoms with van der Waals surface area (Å²) in [7, 11) is 0. The monoisotopic (exact) mass is 722 g/mol. The Kier molecular flexibility index (Phi) is 10.1. The van der Waals surface area contributed by atoms with Crippen LogP contribution in [0, 0.1) is 44.1 Å². The van der Waals surface area contributed by atoms with Gasteiger partial charge in [-0.15, -0.1) is 0 Å². The number of non-ortho nitro benzene ring substituents is 1. The lowest BCUT2D eigenvalue weighted by Crippen LogP contribution is -2.45. The standard InChI is InChI=1S/C44H46N6O4/c1-8-9-24-53-41-29(25-37-39-38(41)43(4,5)21-23-48(39)22-20-42(37,2)3)10-11-31-12-13-33(49(31)32-14-16-34(17-15-32)50(51)52)18-19-36-35(28-47)40(30(26-45)27-46)54-44(36,6)7/h10-19,25H,8-9,20-24H2,1-7H3/b11-10+,19-18+. The van der Waals surface area contributed by atoms with Crippen molar-refractivity contribution in [2.24, 2.45) is 0 Å². The van der Waals surface area contributed by atoms with E-state index in [2.05, 4.69) is 63.8 Å². The quantitative estimate of drug-likeness (QED) is 0.0871. The maximum absolute atomic E-state index is 11.6. The molecular weight excluding hydrogens is 677 g/mol. The van der Waals surface area contributed by atoms with E-state index in [1.54, 1.807) is 32.1 Å². The van der Waals surface area contributed by atoms with E-state index in [9.17, 15) is 25.9 Å². The number of nitro benzene ring substituents is 1. The van der Waals surface area contributed by atoms with Crippen LogP contribution in [0.1, 0.15) is 102 Å². The van der Waals surface area contributed by atoms with E-state index in [1.807, 2.05) is 34.9 Å². The van der Waals surface area contributed by atoms with E-state index in [0.717, 1.165) is 61.5 Å². The Morgan fingerprint density at radius 3 is 2.15 bits per heavy atom. The number of hydrogen-bond donors (Lipinski definition) is 0. The lowest BCUT2D eigenvalue weighted by Gasteiger charge is -2.49. The Labute approximate surface area is 317 Å². The average molecular weight is 723 g/mol. The molecule has 0 N–H and O–H groups in total. The minimum Gasteiger partial charge on any atom is -0.493 e. The molecule has 276 valence electrons. The van der Waals surface area contributed by atoms with Crippen molar-refractivity contribution in [2.45, 2.75) is 90.6 Å². The van der Waals surface area contributed by atoms with Crippen LogP contribution in [-0.2, 0) is 15.6 Å². The van der Waals surface area contributed by atoms with Gasteiger partial charge in [0.05, 0.1) is 11.5 Å². The molecule has 1 aromatic heterocycles. The summed E-state index contributed by atoms with van der Waals surface area (Å²) in [5.41, 5.74) is 6.49. The Bertz CT molecular complexity index is 2240. The number of anilines is 1. The number of rotatable bonds is 10. The van der Waals surface area contributed by atoms with Crippen molar-refractivity contribution < 1.29 is 14.4 Å². The maximum atomic E-state index is 11.6. The molecule has 0 radical (unpaired) electrons. The summed E-state index contributed by atoms with van der Waals surface area (Å²) in [5.74, 6) is 0.897. The van der Waals surface area contributed by atoms with Crippen molar-refractivity contribution in [1.82, 2.24) is 4.57 Å². The Morgan fingerprint density at radius 1 is 0.926 bits per heavy atom. The first-order chi connectivity index (χ1) is 25.7. The van der Waals surface area contributed by atoms with Crippen molar-refractivity contribution in [3.8, 4) is 29.6 Å². The van der Waals surface area contributed by atoms with Crippen LogP contribution in [0.15, 0.2) is 71.0 Å². The van der Waals surface area contributed by atoms with Gasteiger partial charge in [0.25, 0.3) is 5.69 Å². The third-order valence-corrected chi connectivity index (χ3v) is 10.9. The highest BCUT2D eigenvalue weighted by molar-refractivity contribution is 5.81. The molecule has 6 rings (SSSR count).